The summed E-state index contributed by atoms with van der Waals surface area (Å²) < 4.78 is 33.7. The number of nitrogens with one attached hydrogen (secondary N) is 2. The van der Waals surface area contributed by atoms with Gasteiger partial charge in [0.1, 0.15) is 10.6 Å². The van der Waals surface area contributed by atoms with E-state index in [-0.39, 0.29) is 22.1 Å². The van der Waals surface area contributed by atoms with Crippen LogP contribution in [0.3, 0.4) is 0 Å². The molecule has 4 fully saturated rings. The van der Waals surface area contributed by atoms with Crippen molar-refractivity contribution in [2.45, 2.75) is 75.3 Å². The number of rotatable bonds is 5. The fourth-order valence-electron chi connectivity index (χ4n) is 6.06. The number of hydrogen-bond acceptors (Lipinski definition) is 4. The average Bonchev–Trinajstić information content (AvgIpc) is 2.57. The maximum atomic E-state index is 13.1. The first-order valence-electron chi connectivity index (χ1n) is 10.5. The molecule has 1 aromatic carbocycles. The van der Waals surface area contributed by atoms with E-state index in [1.54, 1.807) is 32.9 Å². The number of sulfonamides is 1. The molecule has 29 heavy (non-hydrogen) atoms. The normalized spacial score (nSPS) is 31.0. The van der Waals surface area contributed by atoms with E-state index in [1.807, 2.05) is 0 Å². The summed E-state index contributed by atoms with van der Waals surface area (Å²) in [6.07, 6.45) is 7.07. The highest BCUT2D eigenvalue weighted by Crippen LogP contribution is 2.55. The smallest absolute Gasteiger partial charge is 0.251 e. The molecular formula is C22H32N2O4S. The Bertz CT molecular complexity index is 882. The largest absolute Gasteiger partial charge is 0.495 e. The van der Waals surface area contributed by atoms with Gasteiger partial charge < -0.3 is 10.1 Å². The van der Waals surface area contributed by atoms with Crippen LogP contribution in [-0.2, 0) is 10.0 Å². The zero-order valence-corrected chi connectivity index (χ0v) is 18.6. The lowest BCUT2D eigenvalue weighted by molar-refractivity contribution is -0.0167. The second-order valence-electron chi connectivity index (χ2n) is 10.4. The van der Waals surface area contributed by atoms with Crippen molar-refractivity contribution in [3.63, 3.8) is 0 Å². The van der Waals surface area contributed by atoms with E-state index >= 15 is 0 Å². The molecule has 0 atom stereocenters. The van der Waals surface area contributed by atoms with Gasteiger partial charge in [-0.15, -0.1) is 0 Å². The Balaban J connectivity index is 1.60. The predicted octanol–water partition coefficient (Wildman–Crippen LogP) is 3.47. The van der Waals surface area contributed by atoms with Crippen molar-refractivity contribution in [1.82, 2.24) is 10.0 Å². The maximum absolute atomic E-state index is 13.1. The van der Waals surface area contributed by atoms with Crippen LogP contribution in [0.2, 0.25) is 0 Å². The molecule has 4 aliphatic carbocycles. The average molecular weight is 421 g/mol. The minimum absolute atomic E-state index is 0.00640. The molecule has 1 aromatic rings. The van der Waals surface area contributed by atoms with Gasteiger partial charge in [0.25, 0.3) is 5.91 Å². The zero-order valence-electron chi connectivity index (χ0n) is 17.7. The molecule has 4 aliphatic rings. The second-order valence-corrected chi connectivity index (χ2v) is 12.0. The molecule has 4 saturated carbocycles. The van der Waals surface area contributed by atoms with Crippen LogP contribution in [0.25, 0.3) is 0 Å². The third kappa shape index (κ3) is 4.17. The van der Waals surface area contributed by atoms with E-state index in [9.17, 15) is 13.2 Å². The standard InChI is InChI=1S/C22H32N2O4S/c1-21(2,3)24-29(26,27)19-10-17(5-6-18(19)28-4)20(25)23-22-11-14-7-15(12-22)9-16(8-14)13-22/h5-6,10,14-16,24H,7-9,11-13H2,1-4H3,(H,23,25). The van der Waals surface area contributed by atoms with Gasteiger partial charge >= 0.3 is 0 Å². The minimum Gasteiger partial charge on any atom is -0.495 e. The molecular weight excluding hydrogens is 388 g/mol. The van der Waals surface area contributed by atoms with E-state index in [0.717, 1.165) is 37.0 Å². The molecule has 1 amide bonds. The summed E-state index contributed by atoms with van der Waals surface area (Å²) in [4.78, 5) is 13.1. The van der Waals surface area contributed by atoms with E-state index in [0.29, 0.717) is 5.56 Å². The first-order chi connectivity index (χ1) is 13.5. The molecule has 6 nitrogen and oxygen atoms in total. The van der Waals surface area contributed by atoms with Crippen molar-refractivity contribution in [3.8, 4) is 5.75 Å². The maximum Gasteiger partial charge on any atom is 0.251 e. The van der Waals surface area contributed by atoms with Gasteiger partial charge in [-0.05, 0) is 95.2 Å². The number of carbonyl (C=O) groups is 1. The van der Waals surface area contributed by atoms with Gasteiger partial charge in [0.05, 0.1) is 7.11 Å². The van der Waals surface area contributed by atoms with E-state index in [2.05, 4.69) is 10.0 Å². The van der Waals surface area contributed by atoms with Gasteiger partial charge in [0, 0.05) is 16.6 Å². The van der Waals surface area contributed by atoms with Crippen molar-refractivity contribution in [1.29, 1.82) is 0 Å². The predicted molar refractivity (Wildman–Crippen MR) is 111 cm³/mol. The molecule has 7 heteroatoms. The fraction of sp³-hybridized carbons (Fsp3) is 0.682. The van der Waals surface area contributed by atoms with Crippen molar-refractivity contribution in [3.05, 3.63) is 23.8 Å². The lowest BCUT2D eigenvalue weighted by atomic mass is 9.53. The molecule has 0 aliphatic heterocycles. The molecule has 0 saturated heterocycles. The zero-order chi connectivity index (χ0) is 21.0. The van der Waals surface area contributed by atoms with Crippen molar-refractivity contribution in [2.75, 3.05) is 7.11 Å². The van der Waals surface area contributed by atoms with Gasteiger partial charge in [-0.25, -0.2) is 13.1 Å². The van der Waals surface area contributed by atoms with E-state index < -0.39 is 15.6 Å². The topological polar surface area (TPSA) is 84.5 Å². The Morgan fingerprint density at radius 1 is 1.07 bits per heavy atom. The molecule has 2 N–H and O–H groups in total. The van der Waals surface area contributed by atoms with Gasteiger partial charge in [0.2, 0.25) is 10.0 Å². The Morgan fingerprint density at radius 2 is 1.62 bits per heavy atom. The lowest BCUT2D eigenvalue weighted by Crippen LogP contribution is -2.59. The quantitative estimate of drug-likeness (QED) is 0.764. The van der Waals surface area contributed by atoms with Gasteiger partial charge in [-0.3, -0.25) is 4.79 Å². The Morgan fingerprint density at radius 3 is 2.10 bits per heavy atom. The monoisotopic (exact) mass is 420 g/mol. The third-order valence-corrected chi connectivity index (χ3v) is 8.35. The summed E-state index contributed by atoms with van der Waals surface area (Å²) in [5.74, 6) is 2.22. The highest BCUT2D eigenvalue weighted by molar-refractivity contribution is 7.89. The fourth-order valence-corrected chi connectivity index (χ4v) is 7.68. The molecule has 5 rings (SSSR count). The van der Waals surface area contributed by atoms with Gasteiger partial charge in [-0.2, -0.15) is 0 Å². The first kappa shape index (κ1) is 20.7. The number of hydrogen-bond donors (Lipinski definition) is 2. The third-order valence-electron chi connectivity index (χ3n) is 6.57. The minimum atomic E-state index is -3.82. The van der Waals surface area contributed by atoms with Crippen LogP contribution in [-0.4, -0.2) is 32.5 Å². The van der Waals surface area contributed by atoms with E-state index in [1.165, 1.54) is 32.4 Å². The van der Waals surface area contributed by atoms with Crippen molar-refractivity contribution >= 4 is 15.9 Å². The van der Waals surface area contributed by atoms with Gasteiger partial charge in [0.15, 0.2) is 0 Å². The van der Waals surface area contributed by atoms with Gasteiger partial charge in [-0.1, -0.05) is 0 Å². The Kier molecular flexibility index (Phi) is 4.97. The van der Waals surface area contributed by atoms with Crippen molar-refractivity contribution < 1.29 is 17.9 Å². The van der Waals surface area contributed by atoms with Crippen LogP contribution in [0.5, 0.6) is 5.75 Å². The molecule has 0 unspecified atom stereocenters. The second kappa shape index (κ2) is 6.98. The SMILES string of the molecule is COc1ccc(C(=O)NC23CC4CC(CC(C4)C2)C3)cc1S(=O)(=O)NC(C)(C)C. The van der Waals surface area contributed by atoms with Crippen LogP contribution in [0.1, 0.15) is 69.7 Å². The number of methoxy groups -OCH3 is 1. The summed E-state index contributed by atoms with van der Waals surface area (Å²) in [5, 5.41) is 3.31. The lowest BCUT2D eigenvalue weighted by Gasteiger charge is -2.56. The van der Waals surface area contributed by atoms with Crippen LogP contribution >= 0.6 is 0 Å². The molecule has 0 heterocycles. The summed E-state index contributed by atoms with van der Waals surface area (Å²) in [5.41, 5.74) is -0.397. The number of ether oxygens (including phenoxy) is 1. The van der Waals surface area contributed by atoms with Crippen LogP contribution in [0.15, 0.2) is 23.1 Å². The molecule has 160 valence electrons. The molecule has 4 bridgehead atoms. The van der Waals surface area contributed by atoms with Crippen LogP contribution in [0.4, 0.5) is 0 Å². The Labute approximate surface area is 173 Å². The van der Waals surface area contributed by atoms with Crippen LogP contribution < -0.4 is 14.8 Å². The number of benzene rings is 1. The highest BCUT2D eigenvalue weighted by atomic mass is 32.2. The molecule has 0 radical (unpaired) electrons. The first-order valence-corrected chi connectivity index (χ1v) is 12.0. The van der Waals surface area contributed by atoms with E-state index in [4.69, 9.17) is 4.74 Å². The summed E-state index contributed by atoms with van der Waals surface area (Å²) >= 11 is 0. The Hall–Kier alpha value is -1.60. The summed E-state index contributed by atoms with van der Waals surface area (Å²) in [7, 11) is -2.39. The summed E-state index contributed by atoms with van der Waals surface area (Å²) in [6.45, 7) is 5.34. The molecule has 0 aromatic heterocycles. The van der Waals surface area contributed by atoms with Crippen molar-refractivity contribution in [2.24, 2.45) is 17.8 Å². The highest BCUT2D eigenvalue weighted by Gasteiger charge is 2.51. The van der Waals surface area contributed by atoms with Crippen LogP contribution in [0, 0.1) is 17.8 Å². The number of amides is 1. The molecule has 0 spiro atoms. The number of carbonyl (C=O) groups excluding carboxylic acids is 1. The summed E-state index contributed by atoms with van der Waals surface area (Å²) in [6, 6.07) is 4.64.